The fourth-order valence-electron chi connectivity index (χ4n) is 5.50. The van der Waals surface area contributed by atoms with Crippen molar-refractivity contribution < 1.29 is 9.47 Å². The van der Waals surface area contributed by atoms with Gasteiger partial charge in [-0.15, -0.1) is 0 Å². The number of piperidine rings is 1. The maximum atomic E-state index is 6.41. The van der Waals surface area contributed by atoms with E-state index < -0.39 is 0 Å². The van der Waals surface area contributed by atoms with E-state index in [4.69, 9.17) is 14.5 Å². The number of allylic oxidation sites excluding steroid dienone is 5. The molecule has 2 heterocycles. The number of ether oxygens (including phenoxy) is 2. The molecule has 1 fully saturated rings. The van der Waals surface area contributed by atoms with Crippen LogP contribution in [0.4, 0.5) is 0 Å². The first kappa shape index (κ1) is 25.2. The summed E-state index contributed by atoms with van der Waals surface area (Å²) in [6.07, 6.45) is 15.0. The maximum absolute atomic E-state index is 6.41. The molecule has 0 amide bonds. The van der Waals surface area contributed by atoms with Gasteiger partial charge in [0, 0.05) is 23.7 Å². The van der Waals surface area contributed by atoms with Gasteiger partial charge in [0.2, 0.25) is 11.8 Å². The number of pyridine rings is 1. The largest absolute Gasteiger partial charge is 0.481 e. The Hall–Kier alpha value is -2.85. The lowest BCUT2D eigenvalue weighted by atomic mass is 9.97. The summed E-state index contributed by atoms with van der Waals surface area (Å²) in [6.45, 7) is 13.0. The van der Waals surface area contributed by atoms with Crippen molar-refractivity contribution >= 4 is 5.57 Å². The third-order valence-electron chi connectivity index (χ3n) is 7.63. The molecule has 1 aliphatic carbocycles. The second-order valence-corrected chi connectivity index (χ2v) is 9.88. The summed E-state index contributed by atoms with van der Waals surface area (Å²) in [6, 6.07) is 7.04. The van der Waals surface area contributed by atoms with Crippen molar-refractivity contribution in [2.24, 2.45) is 0 Å². The predicted octanol–water partition coefficient (Wildman–Crippen LogP) is 6.99. The van der Waals surface area contributed by atoms with Gasteiger partial charge in [0.15, 0.2) is 0 Å². The SMILES string of the molecule is C=C/C=C\C=C(/C)c1cccc(COc2nc(OC)c(CN3CCCC[C@H]3C)c3c2CCC3)c1C. The molecule has 0 radical (unpaired) electrons. The molecule has 1 aromatic carbocycles. The zero-order valence-corrected chi connectivity index (χ0v) is 21.9. The first-order chi connectivity index (χ1) is 17.0. The number of methoxy groups -OCH3 is 1. The predicted molar refractivity (Wildman–Crippen MR) is 145 cm³/mol. The van der Waals surface area contributed by atoms with Crippen LogP contribution in [-0.4, -0.2) is 29.6 Å². The summed E-state index contributed by atoms with van der Waals surface area (Å²) >= 11 is 0. The van der Waals surface area contributed by atoms with Crippen molar-refractivity contribution in [2.75, 3.05) is 13.7 Å². The summed E-state index contributed by atoms with van der Waals surface area (Å²) < 4.78 is 12.2. The maximum Gasteiger partial charge on any atom is 0.221 e. The highest BCUT2D eigenvalue weighted by atomic mass is 16.5. The standard InChI is InChI=1S/C31H40N2O2/c1-6-7-8-13-22(2)26-16-11-15-25(24(26)4)21-35-31-28-18-12-17-27(28)29(30(32-31)34-5)20-33-19-10-9-14-23(33)3/h6-8,11,13,15-16,23H,1,9-10,12,14,17-21H2,2-5H3/b8-7-,22-13+/t23-/m1/s1. The van der Waals surface area contributed by atoms with E-state index in [-0.39, 0.29) is 0 Å². The fourth-order valence-corrected chi connectivity index (χ4v) is 5.50. The van der Waals surface area contributed by atoms with E-state index in [0.29, 0.717) is 12.6 Å². The minimum absolute atomic E-state index is 0.501. The number of fused-ring (bicyclic) bond motifs is 1. The monoisotopic (exact) mass is 472 g/mol. The van der Waals surface area contributed by atoms with E-state index >= 15 is 0 Å². The lowest BCUT2D eigenvalue weighted by Crippen LogP contribution is -2.37. The number of likely N-dealkylation sites (tertiary alicyclic amines) is 1. The highest BCUT2D eigenvalue weighted by molar-refractivity contribution is 5.68. The minimum atomic E-state index is 0.501. The number of rotatable bonds is 9. The van der Waals surface area contributed by atoms with Crippen molar-refractivity contribution in [3.8, 4) is 11.8 Å². The Morgan fingerprint density at radius 3 is 2.74 bits per heavy atom. The Morgan fingerprint density at radius 1 is 1.14 bits per heavy atom. The smallest absolute Gasteiger partial charge is 0.221 e. The zero-order chi connectivity index (χ0) is 24.8. The van der Waals surface area contributed by atoms with Crippen molar-refractivity contribution in [1.29, 1.82) is 0 Å². The van der Waals surface area contributed by atoms with Crippen LogP contribution in [-0.2, 0) is 26.0 Å². The van der Waals surface area contributed by atoms with Crippen LogP contribution in [0.1, 0.15) is 72.9 Å². The molecule has 0 unspecified atom stereocenters. The average molecular weight is 473 g/mol. The summed E-state index contributed by atoms with van der Waals surface area (Å²) in [5.41, 5.74) is 8.84. The molecule has 0 saturated carbocycles. The van der Waals surface area contributed by atoms with Crippen LogP contribution < -0.4 is 9.47 Å². The highest BCUT2D eigenvalue weighted by Gasteiger charge is 2.28. The van der Waals surface area contributed by atoms with Crippen molar-refractivity contribution in [1.82, 2.24) is 9.88 Å². The van der Waals surface area contributed by atoms with E-state index in [2.05, 4.69) is 56.5 Å². The van der Waals surface area contributed by atoms with Crippen LogP contribution in [0.25, 0.3) is 5.57 Å². The zero-order valence-electron chi connectivity index (χ0n) is 21.9. The van der Waals surface area contributed by atoms with Crippen LogP contribution in [0.3, 0.4) is 0 Å². The van der Waals surface area contributed by atoms with Gasteiger partial charge in [0.25, 0.3) is 0 Å². The Morgan fingerprint density at radius 2 is 1.97 bits per heavy atom. The van der Waals surface area contributed by atoms with E-state index in [1.807, 2.05) is 12.2 Å². The first-order valence-corrected chi connectivity index (χ1v) is 13.0. The van der Waals surface area contributed by atoms with Gasteiger partial charge in [0.05, 0.1) is 7.11 Å². The number of benzene rings is 1. The lowest BCUT2D eigenvalue weighted by molar-refractivity contribution is 0.150. The summed E-state index contributed by atoms with van der Waals surface area (Å²) in [7, 11) is 1.74. The number of hydrogen-bond donors (Lipinski definition) is 0. The van der Waals surface area contributed by atoms with Crippen molar-refractivity contribution in [3.63, 3.8) is 0 Å². The number of nitrogens with zero attached hydrogens (tertiary/aromatic N) is 2. The molecule has 4 rings (SSSR count). The Kier molecular flexibility index (Phi) is 8.46. The van der Waals surface area contributed by atoms with Gasteiger partial charge in [-0.1, -0.05) is 55.5 Å². The lowest BCUT2D eigenvalue weighted by Gasteiger charge is -2.34. The van der Waals surface area contributed by atoms with Gasteiger partial charge in [-0.2, -0.15) is 4.98 Å². The molecular weight excluding hydrogens is 432 g/mol. The molecule has 1 atom stereocenters. The fraction of sp³-hybridized carbons (Fsp3) is 0.452. The van der Waals surface area contributed by atoms with Gasteiger partial charge in [0.1, 0.15) is 6.61 Å². The molecule has 186 valence electrons. The molecule has 35 heavy (non-hydrogen) atoms. The van der Waals surface area contributed by atoms with E-state index in [1.165, 1.54) is 58.2 Å². The van der Waals surface area contributed by atoms with Crippen LogP contribution >= 0.6 is 0 Å². The van der Waals surface area contributed by atoms with E-state index in [1.54, 1.807) is 13.2 Å². The van der Waals surface area contributed by atoms with Crippen molar-refractivity contribution in [2.45, 2.75) is 78.5 Å². The second-order valence-electron chi connectivity index (χ2n) is 9.88. The molecule has 0 N–H and O–H groups in total. The summed E-state index contributed by atoms with van der Waals surface area (Å²) in [4.78, 5) is 7.50. The van der Waals surface area contributed by atoms with Gasteiger partial charge >= 0.3 is 0 Å². The Labute approximate surface area is 211 Å². The summed E-state index contributed by atoms with van der Waals surface area (Å²) in [5.74, 6) is 1.48. The van der Waals surface area contributed by atoms with Crippen molar-refractivity contribution in [3.05, 3.63) is 82.5 Å². The molecule has 1 aliphatic heterocycles. The van der Waals surface area contributed by atoms with Crippen LogP contribution in [0, 0.1) is 6.92 Å². The summed E-state index contributed by atoms with van der Waals surface area (Å²) in [5, 5.41) is 0. The molecule has 2 aliphatic rings. The Bertz CT molecular complexity index is 1120. The molecule has 0 spiro atoms. The second kappa shape index (κ2) is 11.7. The van der Waals surface area contributed by atoms with Gasteiger partial charge in [-0.3, -0.25) is 4.90 Å². The Balaban J connectivity index is 1.58. The van der Waals surface area contributed by atoms with Crippen LogP contribution in [0.15, 0.2) is 49.1 Å². The van der Waals surface area contributed by atoms with Gasteiger partial charge in [-0.25, -0.2) is 0 Å². The highest BCUT2D eigenvalue weighted by Crippen LogP contribution is 2.38. The number of aromatic nitrogens is 1. The average Bonchev–Trinajstić information content (AvgIpc) is 3.36. The third-order valence-corrected chi connectivity index (χ3v) is 7.63. The molecule has 1 saturated heterocycles. The van der Waals surface area contributed by atoms with E-state index in [0.717, 1.165) is 44.1 Å². The molecule has 2 aromatic rings. The molecular formula is C31H40N2O2. The minimum Gasteiger partial charge on any atom is -0.481 e. The third kappa shape index (κ3) is 5.70. The molecule has 4 heteroatoms. The number of hydrogen-bond acceptors (Lipinski definition) is 4. The van der Waals surface area contributed by atoms with Crippen LogP contribution in [0.2, 0.25) is 0 Å². The topological polar surface area (TPSA) is 34.6 Å². The van der Waals surface area contributed by atoms with Gasteiger partial charge < -0.3 is 9.47 Å². The quantitative estimate of drug-likeness (QED) is 0.369. The van der Waals surface area contributed by atoms with E-state index in [9.17, 15) is 0 Å². The van der Waals surface area contributed by atoms with Gasteiger partial charge in [-0.05, 0) is 87.2 Å². The van der Waals surface area contributed by atoms with Crippen LogP contribution in [0.5, 0.6) is 11.8 Å². The normalized spacial score (nSPS) is 18.6. The first-order valence-electron chi connectivity index (χ1n) is 13.0. The molecule has 0 bridgehead atoms. The molecule has 1 aromatic heterocycles. The molecule has 4 nitrogen and oxygen atoms in total.